The zero-order chi connectivity index (χ0) is 18.6. The van der Waals surface area contributed by atoms with Gasteiger partial charge in [-0.15, -0.1) is 0 Å². The van der Waals surface area contributed by atoms with Crippen LogP contribution in [0.1, 0.15) is 17.9 Å². The molecule has 0 aromatic heterocycles. The molecule has 0 spiro atoms. The van der Waals surface area contributed by atoms with Gasteiger partial charge in [0, 0.05) is 11.8 Å². The molecule has 1 unspecified atom stereocenters. The highest BCUT2D eigenvalue weighted by atomic mass is 35.5. The molecular formula is C16H14Cl3N3O3. The highest BCUT2D eigenvalue weighted by molar-refractivity contribution is 6.42. The van der Waals surface area contributed by atoms with Gasteiger partial charge in [0.1, 0.15) is 5.02 Å². The fourth-order valence-corrected chi connectivity index (χ4v) is 2.86. The van der Waals surface area contributed by atoms with Crippen LogP contribution in [0.2, 0.25) is 15.1 Å². The van der Waals surface area contributed by atoms with Crippen molar-refractivity contribution in [2.45, 2.75) is 12.3 Å². The van der Waals surface area contributed by atoms with E-state index in [2.05, 4.69) is 5.32 Å². The van der Waals surface area contributed by atoms with Crippen molar-refractivity contribution < 1.29 is 9.72 Å². The number of carbonyl (C=O) groups is 1. The molecule has 2 aromatic carbocycles. The Morgan fingerprint density at radius 1 is 1.12 bits per heavy atom. The average molecular weight is 403 g/mol. The van der Waals surface area contributed by atoms with E-state index < -0.39 is 10.8 Å². The number of nitrogens with one attached hydrogen (secondary N) is 1. The fourth-order valence-electron chi connectivity index (χ4n) is 2.31. The minimum atomic E-state index is -0.596. The number of nitro benzene ring substituents is 1. The number of nitro groups is 1. The van der Waals surface area contributed by atoms with Crippen LogP contribution >= 0.6 is 34.8 Å². The van der Waals surface area contributed by atoms with Gasteiger partial charge in [-0.3, -0.25) is 14.9 Å². The van der Waals surface area contributed by atoms with Crippen molar-refractivity contribution in [2.24, 2.45) is 5.73 Å². The molecule has 3 N–H and O–H groups in total. The number of benzene rings is 2. The van der Waals surface area contributed by atoms with Gasteiger partial charge in [0.05, 0.1) is 20.9 Å². The Balaban J connectivity index is 2.24. The van der Waals surface area contributed by atoms with Crippen molar-refractivity contribution in [3.63, 3.8) is 0 Å². The Morgan fingerprint density at radius 3 is 2.40 bits per heavy atom. The lowest BCUT2D eigenvalue weighted by atomic mass is 9.94. The van der Waals surface area contributed by atoms with Gasteiger partial charge < -0.3 is 11.1 Å². The first kappa shape index (κ1) is 19.5. The lowest BCUT2D eigenvalue weighted by Crippen LogP contribution is -2.23. The van der Waals surface area contributed by atoms with E-state index in [4.69, 9.17) is 40.5 Å². The van der Waals surface area contributed by atoms with Gasteiger partial charge in [-0.05, 0) is 42.8 Å². The van der Waals surface area contributed by atoms with Crippen molar-refractivity contribution in [2.75, 3.05) is 11.9 Å². The molecule has 0 heterocycles. The molecular weight excluding hydrogens is 389 g/mol. The van der Waals surface area contributed by atoms with Crippen LogP contribution in [0.5, 0.6) is 0 Å². The predicted molar refractivity (Wildman–Crippen MR) is 99.6 cm³/mol. The third-order valence-electron chi connectivity index (χ3n) is 3.53. The van der Waals surface area contributed by atoms with Crippen LogP contribution in [0.15, 0.2) is 36.4 Å². The fraction of sp³-hybridized carbons (Fsp3) is 0.188. The number of amides is 1. The molecule has 0 aliphatic rings. The van der Waals surface area contributed by atoms with Crippen LogP contribution in [0.3, 0.4) is 0 Å². The summed E-state index contributed by atoms with van der Waals surface area (Å²) in [5.41, 5.74) is 6.40. The second-order valence-corrected chi connectivity index (χ2v) is 6.44. The number of rotatable bonds is 6. The van der Waals surface area contributed by atoms with Crippen LogP contribution in [0.25, 0.3) is 0 Å². The third-order valence-corrected chi connectivity index (χ3v) is 4.57. The first-order chi connectivity index (χ1) is 11.8. The number of anilines is 1. The van der Waals surface area contributed by atoms with E-state index in [1.165, 1.54) is 18.2 Å². The highest BCUT2D eigenvalue weighted by Crippen LogP contribution is 2.30. The minimum Gasteiger partial charge on any atom is -0.330 e. The molecule has 2 rings (SSSR count). The second-order valence-electron chi connectivity index (χ2n) is 5.22. The van der Waals surface area contributed by atoms with Gasteiger partial charge in [-0.25, -0.2) is 0 Å². The number of carbonyl (C=O) groups excluding carboxylic acids is 1. The molecule has 0 fully saturated rings. The summed E-state index contributed by atoms with van der Waals surface area (Å²) in [5, 5.41) is 14.1. The van der Waals surface area contributed by atoms with Crippen LogP contribution in [-0.2, 0) is 4.79 Å². The van der Waals surface area contributed by atoms with E-state index in [1.54, 1.807) is 18.2 Å². The smallest absolute Gasteiger partial charge is 0.288 e. The predicted octanol–water partition coefficient (Wildman–Crippen LogP) is 4.63. The number of halogens is 3. The quantitative estimate of drug-likeness (QED) is 0.544. The normalized spacial score (nSPS) is 11.8. The van der Waals surface area contributed by atoms with Crippen molar-refractivity contribution >= 4 is 52.1 Å². The van der Waals surface area contributed by atoms with E-state index in [0.29, 0.717) is 34.3 Å². The van der Waals surface area contributed by atoms with Crippen LogP contribution in [0, 0.1) is 10.1 Å². The van der Waals surface area contributed by atoms with E-state index in [-0.39, 0.29) is 16.6 Å². The Morgan fingerprint density at radius 2 is 1.84 bits per heavy atom. The van der Waals surface area contributed by atoms with Gasteiger partial charge in [-0.2, -0.15) is 0 Å². The monoisotopic (exact) mass is 401 g/mol. The molecule has 25 heavy (non-hydrogen) atoms. The zero-order valence-corrected chi connectivity index (χ0v) is 15.1. The maximum absolute atomic E-state index is 12.6. The van der Waals surface area contributed by atoms with Crippen LogP contribution in [-0.4, -0.2) is 17.4 Å². The lowest BCUT2D eigenvalue weighted by molar-refractivity contribution is -0.384. The maximum Gasteiger partial charge on any atom is 0.288 e. The summed E-state index contributed by atoms with van der Waals surface area (Å²) >= 11 is 17.8. The van der Waals surface area contributed by atoms with Crippen molar-refractivity contribution in [3.8, 4) is 0 Å². The van der Waals surface area contributed by atoms with Gasteiger partial charge in [0.25, 0.3) is 5.69 Å². The summed E-state index contributed by atoms with van der Waals surface area (Å²) in [5.74, 6) is -0.873. The van der Waals surface area contributed by atoms with Gasteiger partial charge in [0.2, 0.25) is 5.91 Å². The first-order valence-electron chi connectivity index (χ1n) is 7.23. The summed E-state index contributed by atoms with van der Waals surface area (Å²) in [4.78, 5) is 22.8. The number of nitrogens with zero attached hydrogens (tertiary/aromatic N) is 1. The molecule has 0 bridgehead atoms. The molecule has 0 saturated carbocycles. The molecule has 1 amide bonds. The number of nitrogens with two attached hydrogens (primary N) is 1. The summed E-state index contributed by atoms with van der Waals surface area (Å²) < 4.78 is 0. The van der Waals surface area contributed by atoms with Crippen molar-refractivity contribution in [3.05, 3.63) is 67.1 Å². The standard InChI is InChI=1S/C16H14Cl3N3O3/c17-12-3-1-9(7-13(12)18)11(5-6-20)16(23)21-10-2-4-15(22(24)25)14(19)8-10/h1-4,7-8,11H,5-6,20H2,(H,21,23). The third kappa shape index (κ3) is 4.83. The molecule has 2 aromatic rings. The Bertz CT molecular complexity index is 814. The van der Waals surface area contributed by atoms with Crippen molar-refractivity contribution in [1.82, 2.24) is 0 Å². The average Bonchev–Trinajstić information content (AvgIpc) is 2.55. The van der Waals surface area contributed by atoms with E-state index in [9.17, 15) is 14.9 Å². The number of hydrogen-bond acceptors (Lipinski definition) is 4. The lowest BCUT2D eigenvalue weighted by Gasteiger charge is -2.17. The molecule has 9 heteroatoms. The topological polar surface area (TPSA) is 98.3 Å². The van der Waals surface area contributed by atoms with E-state index in [1.807, 2.05) is 0 Å². The van der Waals surface area contributed by atoms with Gasteiger partial charge >= 0.3 is 0 Å². The Kier molecular flexibility index (Phi) is 6.61. The molecule has 0 saturated heterocycles. The van der Waals surface area contributed by atoms with Crippen LogP contribution < -0.4 is 11.1 Å². The van der Waals surface area contributed by atoms with Crippen molar-refractivity contribution in [1.29, 1.82) is 0 Å². The SMILES string of the molecule is NCCC(C(=O)Nc1ccc([N+](=O)[O-])c(Cl)c1)c1ccc(Cl)c(Cl)c1. The summed E-state index contributed by atoms with van der Waals surface area (Å²) in [6.45, 7) is 0.291. The van der Waals surface area contributed by atoms with E-state index in [0.717, 1.165) is 0 Å². The largest absolute Gasteiger partial charge is 0.330 e. The molecule has 132 valence electrons. The second kappa shape index (κ2) is 8.49. The zero-order valence-electron chi connectivity index (χ0n) is 12.8. The maximum atomic E-state index is 12.6. The summed E-state index contributed by atoms with van der Waals surface area (Å²) in [6, 6.07) is 8.90. The molecule has 0 radical (unpaired) electrons. The first-order valence-corrected chi connectivity index (χ1v) is 8.36. The number of hydrogen-bond donors (Lipinski definition) is 2. The van der Waals surface area contributed by atoms with Gasteiger partial charge in [-0.1, -0.05) is 40.9 Å². The molecule has 1 atom stereocenters. The molecule has 6 nitrogen and oxygen atoms in total. The molecule has 0 aliphatic carbocycles. The highest BCUT2D eigenvalue weighted by Gasteiger charge is 2.22. The van der Waals surface area contributed by atoms with E-state index >= 15 is 0 Å². The minimum absolute atomic E-state index is 0.0623. The summed E-state index contributed by atoms with van der Waals surface area (Å²) in [7, 11) is 0. The molecule has 0 aliphatic heterocycles. The van der Waals surface area contributed by atoms with Gasteiger partial charge in [0.15, 0.2) is 0 Å². The van der Waals surface area contributed by atoms with Crippen LogP contribution in [0.4, 0.5) is 11.4 Å². The Hall–Kier alpha value is -1.86. The Labute approximate surface area is 159 Å². The summed E-state index contributed by atoms with van der Waals surface area (Å²) in [6.07, 6.45) is 0.393.